The molecule has 1 aromatic rings. The molecule has 0 saturated carbocycles. The third-order valence-electron chi connectivity index (χ3n) is 1.15. The van der Waals surface area contributed by atoms with Crippen LogP contribution in [0.4, 0.5) is 0 Å². The summed E-state index contributed by atoms with van der Waals surface area (Å²) < 4.78 is 0. The molecule has 0 amide bonds. The predicted octanol–water partition coefficient (Wildman–Crippen LogP) is -0.476. The Labute approximate surface area is 72.5 Å². The highest BCUT2D eigenvalue weighted by molar-refractivity contribution is 5.80. The largest absolute Gasteiger partial charge is 0.217 e. The van der Waals surface area contributed by atoms with Crippen molar-refractivity contribution in [2.45, 2.75) is 0 Å². The normalized spacial score (nSPS) is 7.77. The lowest BCUT2D eigenvalue weighted by Gasteiger charge is -1.86. The van der Waals surface area contributed by atoms with Crippen LogP contribution in [0.1, 0.15) is 5.82 Å². The number of aromatic amines is 1. The summed E-state index contributed by atoms with van der Waals surface area (Å²) in [6.07, 6.45) is 0. The van der Waals surface area contributed by atoms with E-state index in [0.717, 1.165) is 0 Å². The van der Waals surface area contributed by atoms with E-state index in [-0.39, 0.29) is 17.0 Å². The van der Waals surface area contributed by atoms with Gasteiger partial charge in [0.15, 0.2) is 5.57 Å². The summed E-state index contributed by atoms with van der Waals surface area (Å²) in [6, 6.07) is 4.79. The van der Waals surface area contributed by atoms with Crippen LogP contribution in [0.3, 0.4) is 0 Å². The van der Waals surface area contributed by atoms with Gasteiger partial charge in [0, 0.05) is 0 Å². The minimum absolute atomic E-state index is 0.0550. The van der Waals surface area contributed by atoms with E-state index in [1.807, 2.05) is 0 Å². The molecule has 1 N–H and O–H groups in total. The van der Waals surface area contributed by atoms with Gasteiger partial charge in [-0.1, -0.05) is 0 Å². The molecule has 0 fully saturated rings. The van der Waals surface area contributed by atoms with E-state index in [4.69, 9.17) is 15.8 Å². The fraction of sp³-hybridized carbons (Fsp3) is 0. The van der Waals surface area contributed by atoms with Gasteiger partial charge in [-0.05, 0) is 5.21 Å². The average Bonchev–Trinajstić information content (AvgIpc) is 2.66. The van der Waals surface area contributed by atoms with Crippen molar-refractivity contribution >= 4 is 5.57 Å². The summed E-state index contributed by atoms with van der Waals surface area (Å²) in [5.41, 5.74) is -0.511. The lowest BCUT2D eigenvalue weighted by Crippen LogP contribution is -1.89. The van der Waals surface area contributed by atoms with Gasteiger partial charge in [-0.15, -0.1) is 10.2 Å². The maximum atomic E-state index is 8.60. The standard InChI is InChI=1S/C6HN7/c7-1-4(2-8)5(3-9)6-10-12-13-11-6/h(H,10,11,12,13). The van der Waals surface area contributed by atoms with Crippen molar-refractivity contribution in [1.82, 2.24) is 20.6 Å². The fourth-order valence-electron chi connectivity index (χ4n) is 0.622. The van der Waals surface area contributed by atoms with Crippen LogP contribution < -0.4 is 0 Å². The SMILES string of the molecule is N#CC(C#N)=C(C#N)c1nn[nH]n1. The molecule has 0 radical (unpaired) electrons. The summed E-state index contributed by atoms with van der Waals surface area (Å²) in [7, 11) is 0. The number of aromatic nitrogens is 4. The topological polar surface area (TPSA) is 126 Å². The number of rotatable bonds is 1. The van der Waals surface area contributed by atoms with Gasteiger partial charge in [-0.3, -0.25) is 0 Å². The lowest BCUT2D eigenvalue weighted by atomic mass is 10.1. The summed E-state index contributed by atoms with van der Waals surface area (Å²) >= 11 is 0. The molecule has 0 aliphatic heterocycles. The van der Waals surface area contributed by atoms with Crippen LogP contribution >= 0.6 is 0 Å². The van der Waals surface area contributed by atoms with Gasteiger partial charge < -0.3 is 0 Å². The van der Waals surface area contributed by atoms with Crippen molar-refractivity contribution in [2.24, 2.45) is 0 Å². The van der Waals surface area contributed by atoms with Gasteiger partial charge in [-0.25, -0.2) is 0 Å². The highest BCUT2D eigenvalue weighted by Gasteiger charge is 2.12. The third kappa shape index (κ3) is 1.47. The zero-order valence-corrected chi connectivity index (χ0v) is 6.18. The number of nitriles is 3. The Morgan fingerprint density at radius 1 is 1.15 bits per heavy atom. The van der Waals surface area contributed by atoms with Crippen molar-refractivity contribution in [3.05, 3.63) is 11.4 Å². The minimum atomic E-state index is -0.330. The number of nitrogens with zero attached hydrogens (tertiary/aromatic N) is 6. The van der Waals surface area contributed by atoms with E-state index in [1.54, 1.807) is 18.2 Å². The summed E-state index contributed by atoms with van der Waals surface area (Å²) in [6.45, 7) is 0. The molecule has 0 spiro atoms. The van der Waals surface area contributed by atoms with Gasteiger partial charge >= 0.3 is 0 Å². The van der Waals surface area contributed by atoms with Gasteiger partial charge in [0.2, 0.25) is 5.82 Å². The Bertz CT molecular complexity index is 431. The highest BCUT2D eigenvalue weighted by Crippen LogP contribution is 2.10. The van der Waals surface area contributed by atoms with Gasteiger partial charge in [0.1, 0.15) is 23.8 Å². The summed E-state index contributed by atoms with van der Waals surface area (Å²) in [5.74, 6) is -0.0550. The molecule has 7 nitrogen and oxygen atoms in total. The molecule has 1 heterocycles. The molecule has 7 heteroatoms. The van der Waals surface area contributed by atoms with Crippen LogP contribution in [-0.4, -0.2) is 20.6 Å². The second-order valence-electron chi connectivity index (χ2n) is 1.82. The minimum Gasteiger partial charge on any atom is -0.192 e. The average molecular weight is 171 g/mol. The van der Waals surface area contributed by atoms with Crippen LogP contribution in [-0.2, 0) is 0 Å². The summed E-state index contributed by atoms with van der Waals surface area (Å²) in [4.78, 5) is 0. The van der Waals surface area contributed by atoms with Crippen molar-refractivity contribution in [3.8, 4) is 18.2 Å². The molecule has 0 aliphatic rings. The smallest absolute Gasteiger partial charge is 0.192 e. The fourth-order valence-corrected chi connectivity index (χ4v) is 0.622. The van der Waals surface area contributed by atoms with Crippen molar-refractivity contribution in [2.75, 3.05) is 0 Å². The van der Waals surface area contributed by atoms with Crippen LogP contribution in [0.15, 0.2) is 5.57 Å². The van der Waals surface area contributed by atoms with Crippen LogP contribution in [0.2, 0.25) is 0 Å². The molecular formula is C6HN7. The first kappa shape index (κ1) is 8.38. The molecular weight excluding hydrogens is 170 g/mol. The van der Waals surface area contributed by atoms with Crippen molar-refractivity contribution < 1.29 is 0 Å². The Balaban J connectivity index is 3.32. The Hall–Kier alpha value is -2.72. The summed E-state index contributed by atoms with van der Waals surface area (Å²) in [5, 5.41) is 37.8. The number of allylic oxidation sites excluding steroid dienone is 2. The number of nitrogens with one attached hydrogen (secondary N) is 1. The molecule has 0 bridgehead atoms. The maximum absolute atomic E-state index is 8.60. The Morgan fingerprint density at radius 2 is 1.85 bits per heavy atom. The molecule has 13 heavy (non-hydrogen) atoms. The van der Waals surface area contributed by atoms with Gasteiger partial charge in [-0.2, -0.15) is 21.0 Å². The first-order chi connectivity index (χ1) is 6.33. The van der Waals surface area contributed by atoms with E-state index in [9.17, 15) is 0 Å². The molecule has 1 rings (SSSR count). The predicted molar refractivity (Wildman–Crippen MR) is 37.9 cm³/mol. The quantitative estimate of drug-likeness (QED) is 0.568. The van der Waals surface area contributed by atoms with Crippen LogP contribution in [0.25, 0.3) is 5.57 Å². The number of hydrogen-bond acceptors (Lipinski definition) is 6. The number of hydrogen-bond donors (Lipinski definition) is 1. The second kappa shape index (κ2) is 3.61. The van der Waals surface area contributed by atoms with E-state index in [1.165, 1.54) is 0 Å². The van der Waals surface area contributed by atoms with E-state index >= 15 is 0 Å². The molecule has 1 aromatic heterocycles. The van der Waals surface area contributed by atoms with E-state index < -0.39 is 0 Å². The first-order valence-corrected chi connectivity index (χ1v) is 3.02. The van der Waals surface area contributed by atoms with Gasteiger partial charge in [0.05, 0.1) is 0 Å². The number of H-pyrrole nitrogens is 1. The maximum Gasteiger partial charge on any atom is 0.217 e. The van der Waals surface area contributed by atoms with E-state index in [0.29, 0.717) is 0 Å². The monoisotopic (exact) mass is 171 g/mol. The zero-order valence-electron chi connectivity index (χ0n) is 6.18. The van der Waals surface area contributed by atoms with Crippen molar-refractivity contribution in [1.29, 1.82) is 15.8 Å². The van der Waals surface area contributed by atoms with Crippen molar-refractivity contribution in [3.63, 3.8) is 0 Å². The first-order valence-electron chi connectivity index (χ1n) is 3.02. The van der Waals surface area contributed by atoms with Gasteiger partial charge in [0.25, 0.3) is 0 Å². The second-order valence-corrected chi connectivity index (χ2v) is 1.82. The molecule has 0 unspecified atom stereocenters. The zero-order chi connectivity index (χ0) is 9.68. The molecule has 0 saturated heterocycles. The highest BCUT2D eigenvalue weighted by atomic mass is 15.5. The van der Waals surface area contributed by atoms with Crippen LogP contribution in [0.5, 0.6) is 0 Å². The number of tetrazole rings is 1. The molecule has 0 atom stereocenters. The van der Waals surface area contributed by atoms with Crippen LogP contribution in [0, 0.1) is 34.0 Å². The Kier molecular flexibility index (Phi) is 2.32. The molecule has 0 aliphatic carbocycles. The lowest BCUT2D eigenvalue weighted by molar-refractivity contribution is 0.881. The third-order valence-corrected chi connectivity index (χ3v) is 1.15. The molecule has 60 valence electrons. The molecule has 0 aromatic carbocycles. The van der Waals surface area contributed by atoms with E-state index in [2.05, 4.69) is 20.6 Å². The Morgan fingerprint density at radius 3 is 2.23 bits per heavy atom.